The zero-order valence-corrected chi connectivity index (χ0v) is 7.65. The van der Waals surface area contributed by atoms with Crippen molar-refractivity contribution in [2.24, 2.45) is 0 Å². The molecule has 1 rings (SSSR count). The fraction of sp³-hybridized carbons (Fsp3) is 0.500. The molecule has 58 valence electrons. The van der Waals surface area contributed by atoms with Crippen LogP contribution in [0.2, 0.25) is 0 Å². The summed E-state index contributed by atoms with van der Waals surface area (Å²) in [5.74, 6) is 0. The van der Waals surface area contributed by atoms with Gasteiger partial charge in [0.05, 0.1) is 13.8 Å². The minimum atomic E-state index is 1.14. The van der Waals surface area contributed by atoms with Crippen LogP contribution < -0.4 is 0 Å². The number of hydrogen-bond acceptors (Lipinski definition) is 0. The molecule has 0 aromatic carbocycles. The Morgan fingerprint density at radius 3 is 1.90 bits per heavy atom. The lowest BCUT2D eigenvalue weighted by Crippen LogP contribution is -1.51. The minimum Gasteiger partial charge on any atom is -0.0805 e. The SMILES string of the molecule is CC.CC1=CCC=C1.[CH2+]C. The first-order chi connectivity index (χ1) is 4.89. The van der Waals surface area contributed by atoms with Gasteiger partial charge in [0, 0.05) is 0 Å². The van der Waals surface area contributed by atoms with E-state index in [1.807, 2.05) is 13.8 Å². The van der Waals surface area contributed by atoms with E-state index < -0.39 is 0 Å². The summed E-state index contributed by atoms with van der Waals surface area (Å²) in [4.78, 5) is 0. The van der Waals surface area contributed by atoms with Gasteiger partial charge in [-0.15, -0.1) is 0 Å². The third-order valence-corrected chi connectivity index (χ3v) is 0.957. The molecule has 0 N–H and O–H groups in total. The van der Waals surface area contributed by atoms with Crippen molar-refractivity contribution in [2.75, 3.05) is 0 Å². The molecular formula is C10H19+. The van der Waals surface area contributed by atoms with Crippen molar-refractivity contribution in [1.29, 1.82) is 0 Å². The highest BCUT2D eigenvalue weighted by Crippen LogP contribution is 2.05. The predicted molar refractivity (Wildman–Crippen MR) is 49.9 cm³/mol. The summed E-state index contributed by atoms with van der Waals surface area (Å²) >= 11 is 0. The van der Waals surface area contributed by atoms with Gasteiger partial charge in [0.25, 0.3) is 0 Å². The second kappa shape index (κ2) is 11.2. The molecule has 0 saturated carbocycles. The Hall–Kier alpha value is -0.650. The Balaban J connectivity index is 0. The summed E-state index contributed by atoms with van der Waals surface area (Å²) in [5, 5.41) is 0. The summed E-state index contributed by atoms with van der Waals surface area (Å²) in [7, 11) is 0. The molecule has 0 heterocycles. The van der Waals surface area contributed by atoms with Crippen LogP contribution in [0.3, 0.4) is 0 Å². The van der Waals surface area contributed by atoms with Gasteiger partial charge in [0.2, 0.25) is 0 Å². The molecule has 0 spiro atoms. The van der Waals surface area contributed by atoms with Crippen molar-refractivity contribution < 1.29 is 0 Å². The third kappa shape index (κ3) is 7.35. The zero-order valence-electron chi connectivity index (χ0n) is 7.65. The first kappa shape index (κ1) is 12.1. The highest BCUT2D eigenvalue weighted by molar-refractivity contribution is 5.23. The van der Waals surface area contributed by atoms with Crippen molar-refractivity contribution in [3.63, 3.8) is 0 Å². The largest absolute Gasteiger partial charge is 0.0805 e. The van der Waals surface area contributed by atoms with Gasteiger partial charge in [-0.2, -0.15) is 0 Å². The maximum atomic E-state index is 3.25. The summed E-state index contributed by atoms with van der Waals surface area (Å²) in [6.45, 7) is 11.1. The lowest BCUT2D eigenvalue weighted by molar-refractivity contribution is 1.42. The van der Waals surface area contributed by atoms with E-state index in [1.165, 1.54) is 5.57 Å². The van der Waals surface area contributed by atoms with E-state index >= 15 is 0 Å². The van der Waals surface area contributed by atoms with Crippen LogP contribution in [-0.2, 0) is 0 Å². The van der Waals surface area contributed by atoms with Gasteiger partial charge in [-0.25, -0.2) is 0 Å². The Morgan fingerprint density at radius 2 is 1.80 bits per heavy atom. The first-order valence-corrected chi connectivity index (χ1v) is 3.93. The Morgan fingerprint density at radius 1 is 1.30 bits per heavy atom. The third-order valence-electron chi connectivity index (χ3n) is 0.957. The van der Waals surface area contributed by atoms with E-state index in [9.17, 15) is 0 Å². The van der Waals surface area contributed by atoms with Gasteiger partial charge < -0.3 is 0 Å². The van der Waals surface area contributed by atoms with Crippen LogP contribution in [0.1, 0.15) is 34.1 Å². The number of allylic oxidation sites excluding steroid dienone is 4. The topological polar surface area (TPSA) is 0 Å². The molecule has 0 saturated heterocycles. The van der Waals surface area contributed by atoms with Gasteiger partial charge >= 0.3 is 0 Å². The van der Waals surface area contributed by atoms with Crippen LogP contribution in [0.25, 0.3) is 0 Å². The maximum absolute atomic E-state index is 3.25. The van der Waals surface area contributed by atoms with Crippen LogP contribution in [0.5, 0.6) is 0 Å². The van der Waals surface area contributed by atoms with E-state index in [0.29, 0.717) is 0 Å². The standard InChI is InChI=1S/C6H8.C2H6.C2H5/c1-6-4-2-3-5-6;2*1-2/h2,4-5H,3H2,1H3;1-2H3;1H2,2H3/q;;+1. The lowest BCUT2D eigenvalue weighted by Gasteiger charge is -1.72. The smallest absolute Gasteiger partial charge is 0.0746 e. The molecule has 0 radical (unpaired) electrons. The second-order valence-electron chi connectivity index (χ2n) is 1.59. The predicted octanol–water partition coefficient (Wildman–Crippen LogP) is 3.76. The zero-order chi connectivity index (χ0) is 8.41. The molecule has 0 aromatic rings. The average Bonchev–Trinajstić information content (AvgIpc) is 2.48. The van der Waals surface area contributed by atoms with E-state index in [0.717, 1.165) is 6.42 Å². The van der Waals surface area contributed by atoms with E-state index in [2.05, 4.69) is 32.1 Å². The first-order valence-electron chi connectivity index (χ1n) is 3.93. The van der Waals surface area contributed by atoms with Gasteiger partial charge in [0.15, 0.2) is 0 Å². The molecular weight excluding hydrogens is 120 g/mol. The van der Waals surface area contributed by atoms with Gasteiger partial charge in [0.1, 0.15) is 0 Å². The maximum Gasteiger partial charge on any atom is 0.0746 e. The van der Waals surface area contributed by atoms with Crippen molar-refractivity contribution >= 4 is 0 Å². The quantitative estimate of drug-likeness (QED) is 0.448. The Bertz CT molecular complexity index is 93.9. The van der Waals surface area contributed by atoms with Crippen molar-refractivity contribution in [3.8, 4) is 0 Å². The van der Waals surface area contributed by atoms with Crippen molar-refractivity contribution in [1.82, 2.24) is 0 Å². The molecule has 1 aliphatic rings. The van der Waals surface area contributed by atoms with Crippen LogP contribution in [0.15, 0.2) is 23.8 Å². The van der Waals surface area contributed by atoms with Crippen molar-refractivity contribution in [3.05, 3.63) is 30.7 Å². The number of rotatable bonds is 0. The summed E-state index contributed by atoms with van der Waals surface area (Å²) in [6.07, 6.45) is 7.65. The molecule has 0 nitrogen and oxygen atoms in total. The molecule has 1 aliphatic carbocycles. The Labute approximate surface area is 65.7 Å². The van der Waals surface area contributed by atoms with Crippen molar-refractivity contribution in [2.45, 2.75) is 34.1 Å². The molecule has 0 unspecified atom stereocenters. The normalized spacial score (nSPS) is 12.2. The lowest BCUT2D eigenvalue weighted by atomic mass is 10.3. The second-order valence-corrected chi connectivity index (χ2v) is 1.59. The van der Waals surface area contributed by atoms with Gasteiger partial charge in [-0.3, -0.25) is 0 Å². The van der Waals surface area contributed by atoms with Crippen LogP contribution in [-0.4, -0.2) is 0 Å². The van der Waals surface area contributed by atoms with E-state index in [-0.39, 0.29) is 0 Å². The minimum absolute atomic E-state index is 1.14. The van der Waals surface area contributed by atoms with E-state index in [4.69, 9.17) is 0 Å². The number of hydrogen-bond donors (Lipinski definition) is 0. The average molecular weight is 139 g/mol. The van der Waals surface area contributed by atoms with Gasteiger partial charge in [-0.1, -0.05) is 37.6 Å². The summed E-state index contributed by atoms with van der Waals surface area (Å²) in [6, 6.07) is 0. The molecule has 0 aromatic heterocycles. The summed E-state index contributed by atoms with van der Waals surface area (Å²) in [5.41, 5.74) is 1.40. The Kier molecular flexibility index (Phi) is 13.5. The van der Waals surface area contributed by atoms with Crippen LogP contribution in [0, 0.1) is 6.92 Å². The van der Waals surface area contributed by atoms with E-state index in [1.54, 1.807) is 6.92 Å². The molecule has 0 aliphatic heterocycles. The fourth-order valence-electron chi connectivity index (χ4n) is 0.576. The monoisotopic (exact) mass is 139 g/mol. The molecule has 0 atom stereocenters. The molecule has 0 heteroatoms. The van der Waals surface area contributed by atoms with Gasteiger partial charge in [-0.05, 0) is 13.3 Å². The molecule has 0 bridgehead atoms. The highest BCUT2D eigenvalue weighted by atomic mass is 13.9. The van der Waals surface area contributed by atoms with Crippen LogP contribution in [0.4, 0.5) is 0 Å². The summed E-state index contributed by atoms with van der Waals surface area (Å²) < 4.78 is 0. The molecule has 0 fully saturated rings. The highest BCUT2D eigenvalue weighted by Gasteiger charge is 1.84. The van der Waals surface area contributed by atoms with Crippen LogP contribution >= 0.6 is 0 Å². The molecule has 10 heavy (non-hydrogen) atoms. The fourth-order valence-corrected chi connectivity index (χ4v) is 0.576. The molecule has 0 amide bonds.